The minimum absolute atomic E-state index is 0.0470. The van der Waals surface area contributed by atoms with Crippen molar-refractivity contribution in [2.24, 2.45) is 22.7 Å². The Morgan fingerprint density at radius 2 is 1.85 bits per heavy atom. The number of benzene rings is 1. The molecule has 10 heteroatoms. The Bertz CT molecular complexity index is 2170. The normalized spacial score (nSPS) is 31.8. The van der Waals surface area contributed by atoms with Crippen molar-refractivity contribution in [1.82, 2.24) is 9.55 Å². The van der Waals surface area contributed by atoms with Gasteiger partial charge in [-0.2, -0.15) is 5.26 Å². The Morgan fingerprint density at radius 1 is 1.09 bits per heavy atom. The van der Waals surface area contributed by atoms with Gasteiger partial charge in [-0.15, -0.1) is 0 Å². The molecule has 0 amide bonds. The first kappa shape index (κ1) is 35.3. The van der Waals surface area contributed by atoms with Crippen LogP contribution in [0.3, 0.4) is 0 Å². The minimum atomic E-state index is -1.45. The van der Waals surface area contributed by atoms with Gasteiger partial charge in [-0.3, -0.25) is 4.79 Å². The predicted octanol–water partition coefficient (Wildman–Crippen LogP) is 7.87. The van der Waals surface area contributed by atoms with Crippen molar-refractivity contribution in [3.63, 3.8) is 0 Å². The fourth-order valence-corrected chi connectivity index (χ4v) is 10.3. The van der Waals surface area contributed by atoms with Crippen molar-refractivity contribution in [2.45, 2.75) is 116 Å². The average Bonchev–Trinajstić information content (AvgIpc) is 3.63. The fourth-order valence-electron chi connectivity index (χ4n) is 10.3. The van der Waals surface area contributed by atoms with E-state index in [0.29, 0.717) is 58.3 Å². The van der Waals surface area contributed by atoms with Crippen LogP contribution in [0.4, 0.5) is 5.95 Å². The van der Waals surface area contributed by atoms with Crippen LogP contribution >= 0.6 is 0 Å². The Balaban J connectivity index is 1.43. The van der Waals surface area contributed by atoms with Crippen LogP contribution in [0.1, 0.15) is 109 Å². The molecule has 7 aliphatic rings. The number of aliphatic imine (C=N–C) groups is 1. The molecule has 3 saturated carbocycles. The zero-order chi connectivity index (χ0) is 37.8. The maximum Gasteiger partial charge on any atom is 0.333 e. The lowest BCUT2D eigenvalue weighted by atomic mass is 9.44. The number of rotatable bonds is 8. The van der Waals surface area contributed by atoms with E-state index in [2.05, 4.69) is 63.9 Å². The number of carbonyl (C=O) groups excluding carboxylic acids is 2. The van der Waals surface area contributed by atoms with Crippen molar-refractivity contribution in [1.29, 1.82) is 5.26 Å². The van der Waals surface area contributed by atoms with E-state index < -0.39 is 40.2 Å². The largest absolute Gasteiger partial charge is 0.482 e. The lowest BCUT2D eigenvalue weighted by molar-refractivity contribution is -0.206. The molecule has 1 aromatic heterocycles. The quantitative estimate of drug-likeness (QED) is 0.154. The van der Waals surface area contributed by atoms with Crippen molar-refractivity contribution >= 4 is 29.5 Å². The number of esters is 1. The van der Waals surface area contributed by atoms with E-state index in [4.69, 9.17) is 23.9 Å². The van der Waals surface area contributed by atoms with Crippen molar-refractivity contribution in [2.75, 3.05) is 7.11 Å². The second kappa shape index (κ2) is 11.9. The van der Waals surface area contributed by atoms with Crippen LogP contribution in [0.2, 0.25) is 0 Å². The number of allylic oxidation sites excluding steroid dienone is 4. The van der Waals surface area contributed by atoms with E-state index in [9.17, 15) is 10.1 Å². The van der Waals surface area contributed by atoms with Crippen LogP contribution in [0, 0.1) is 29.1 Å². The van der Waals surface area contributed by atoms with Crippen LogP contribution in [-0.4, -0.2) is 56.5 Å². The van der Waals surface area contributed by atoms with Gasteiger partial charge in [0.15, 0.2) is 17.0 Å². The molecule has 10 nitrogen and oxygen atoms in total. The standard InChI is InChI=1S/C43H48N4O6/c1-23(2)11-10-16-41(8)17-15-26-29(22-44)31-33-32-34(47-20-19-45-39(47)46-33)28-21-30-40(6,7)53-42(37(28)48,18-14-25(5)38(49)50-9)43(30,32)52-36(31)27(35(26)51-41)13-12-24(3)4/h11-12,14-15,17,19-20,28,30,32,34H,10,13,16,18,21H2,1-9H3. The highest BCUT2D eigenvalue weighted by molar-refractivity contribution is 6.14. The molecule has 1 saturated heterocycles. The van der Waals surface area contributed by atoms with Gasteiger partial charge in [0.25, 0.3) is 0 Å². The molecule has 53 heavy (non-hydrogen) atoms. The van der Waals surface area contributed by atoms with Crippen LogP contribution in [-0.2, 0) is 25.5 Å². The van der Waals surface area contributed by atoms with E-state index >= 15 is 4.79 Å². The number of ether oxygens (including phenoxy) is 4. The molecule has 2 aromatic rings. The molecule has 1 aromatic carbocycles. The molecule has 7 atom stereocenters. The number of aromatic nitrogens is 2. The molecule has 4 fully saturated rings. The van der Waals surface area contributed by atoms with Gasteiger partial charge in [-0.1, -0.05) is 29.4 Å². The Labute approximate surface area is 311 Å². The number of nitriles is 1. The van der Waals surface area contributed by atoms with Crippen LogP contribution in [0.25, 0.3) is 6.08 Å². The molecule has 3 aliphatic carbocycles. The van der Waals surface area contributed by atoms with E-state index in [1.807, 2.05) is 30.7 Å². The highest BCUT2D eigenvalue weighted by atomic mass is 16.6. The van der Waals surface area contributed by atoms with Gasteiger partial charge in [0.1, 0.15) is 23.2 Å². The Morgan fingerprint density at radius 3 is 2.55 bits per heavy atom. The molecule has 0 N–H and O–H groups in total. The number of Topliss-reactive ketones (excluding diaryl/α,β-unsaturated/α-hetero) is 1. The third-order valence-electron chi connectivity index (χ3n) is 12.6. The van der Waals surface area contributed by atoms with Gasteiger partial charge < -0.3 is 23.5 Å². The summed E-state index contributed by atoms with van der Waals surface area (Å²) in [5.41, 5.74) is 1.95. The number of fused-ring (bicyclic) bond motifs is 4. The zero-order valence-electron chi connectivity index (χ0n) is 32.1. The summed E-state index contributed by atoms with van der Waals surface area (Å²) in [6.45, 7) is 16.1. The van der Waals surface area contributed by atoms with E-state index in [0.717, 1.165) is 24.0 Å². The minimum Gasteiger partial charge on any atom is -0.482 e. The third-order valence-corrected chi connectivity index (χ3v) is 12.6. The van der Waals surface area contributed by atoms with Crippen molar-refractivity contribution < 1.29 is 28.5 Å². The smallest absolute Gasteiger partial charge is 0.333 e. The SMILES string of the molecule is COC(=O)C(C)=CCC12OC(C)(C)C3CC(C1=O)C1C4C(=Nc5nccn51)c1c(C#N)c5c(c(CC=C(C)C)c1OC432)OC(C)(CCC=C(C)C)C=C5. The molecular weight excluding hydrogens is 668 g/mol. The van der Waals surface area contributed by atoms with Crippen LogP contribution < -0.4 is 9.47 Å². The number of carbonyl (C=O) groups is 2. The molecule has 1 spiro atoms. The van der Waals surface area contributed by atoms with Gasteiger partial charge in [-0.05, 0) is 93.2 Å². The highest BCUT2D eigenvalue weighted by Gasteiger charge is 2.85. The van der Waals surface area contributed by atoms with Gasteiger partial charge in [0.2, 0.25) is 5.95 Å². The number of hydrogen-bond acceptors (Lipinski definition) is 9. The van der Waals surface area contributed by atoms with E-state index in [1.165, 1.54) is 12.7 Å². The summed E-state index contributed by atoms with van der Waals surface area (Å²) < 4.78 is 28.9. The maximum atomic E-state index is 15.3. The molecule has 4 aliphatic heterocycles. The topological polar surface area (TPSA) is 125 Å². The first-order chi connectivity index (χ1) is 25.1. The van der Waals surface area contributed by atoms with Crippen molar-refractivity contribution in [3.8, 4) is 17.6 Å². The highest BCUT2D eigenvalue weighted by Crippen LogP contribution is 2.73. The van der Waals surface area contributed by atoms with E-state index in [-0.39, 0.29) is 24.2 Å². The van der Waals surface area contributed by atoms with Gasteiger partial charge >= 0.3 is 5.97 Å². The summed E-state index contributed by atoms with van der Waals surface area (Å²) in [6, 6.07) is 2.20. The summed E-state index contributed by atoms with van der Waals surface area (Å²) in [5.74, 6) is 0.00597. The van der Waals surface area contributed by atoms with Gasteiger partial charge in [-0.25, -0.2) is 14.8 Å². The maximum absolute atomic E-state index is 15.3. The van der Waals surface area contributed by atoms with Crippen LogP contribution in [0.15, 0.2) is 58.4 Å². The third kappa shape index (κ3) is 4.78. The predicted molar refractivity (Wildman–Crippen MR) is 200 cm³/mol. The van der Waals surface area contributed by atoms with E-state index in [1.54, 1.807) is 19.2 Å². The summed E-state index contributed by atoms with van der Waals surface area (Å²) in [5, 5.41) is 11.1. The summed E-state index contributed by atoms with van der Waals surface area (Å²) >= 11 is 0. The molecular formula is C43H48N4O6. The van der Waals surface area contributed by atoms with Gasteiger partial charge in [0, 0.05) is 47.4 Å². The van der Waals surface area contributed by atoms with Crippen LogP contribution in [0.5, 0.6) is 11.5 Å². The number of ketones is 1. The molecule has 9 rings (SSSR count). The molecule has 276 valence electrons. The molecule has 4 bridgehead atoms. The zero-order valence-corrected chi connectivity index (χ0v) is 32.1. The summed E-state index contributed by atoms with van der Waals surface area (Å²) in [6.07, 6.45) is 16.6. The first-order valence-corrected chi connectivity index (χ1v) is 18.7. The fraction of sp³-hybridized carbons (Fsp3) is 0.512. The molecule has 7 unspecified atom stereocenters. The number of imidazole rings is 1. The molecule has 5 heterocycles. The summed E-state index contributed by atoms with van der Waals surface area (Å²) in [4.78, 5) is 37.8. The number of nitrogens with zero attached hydrogens (tertiary/aromatic N) is 4. The average molecular weight is 717 g/mol. The Hall–Kier alpha value is -4.75. The van der Waals surface area contributed by atoms with Crippen molar-refractivity contribution in [3.05, 3.63) is 75.7 Å². The van der Waals surface area contributed by atoms with Gasteiger partial charge in [0.05, 0.1) is 41.5 Å². The monoisotopic (exact) mass is 716 g/mol. The number of hydrogen-bond donors (Lipinski definition) is 0. The number of methoxy groups -OCH3 is 1. The molecule has 0 radical (unpaired) electrons. The Kier molecular flexibility index (Phi) is 7.91. The second-order valence-electron chi connectivity index (χ2n) is 16.8. The summed E-state index contributed by atoms with van der Waals surface area (Å²) in [7, 11) is 1.35. The lowest BCUT2D eigenvalue weighted by Crippen LogP contribution is -2.79. The lowest BCUT2D eigenvalue weighted by Gasteiger charge is -2.64. The first-order valence-electron chi connectivity index (χ1n) is 18.7. The second-order valence-corrected chi connectivity index (χ2v) is 16.8.